The fourth-order valence-corrected chi connectivity index (χ4v) is 4.44. The molecular weight excluding hydrogens is 335 g/mol. The van der Waals surface area contributed by atoms with Crippen molar-refractivity contribution < 1.29 is 18.7 Å². The molecule has 2 heterocycles. The van der Waals surface area contributed by atoms with Crippen LogP contribution in [0, 0.1) is 11.7 Å². The van der Waals surface area contributed by atoms with E-state index in [-0.39, 0.29) is 24.2 Å². The van der Waals surface area contributed by atoms with Gasteiger partial charge in [-0.25, -0.2) is 4.39 Å². The molecule has 1 aliphatic carbocycles. The van der Waals surface area contributed by atoms with E-state index in [1.165, 1.54) is 12.1 Å². The molecule has 0 radical (unpaired) electrons. The largest absolute Gasteiger partial charge is 0.363 e. The summed E-state index contributed by atoms with van der Waals surface area (Å²) in [5.74, 6) is 0.0721. The molecule has 0 aromatic heterocycles. The number of rotatable bonds is 2. The average Bonchev–Trinajstić information content (AvgIpc) is 3.20. The molecule has 5 nitrogen and oxygen atoms in total. The Morgan fingerprint density at radius 1 is 1.12 bits per heavy atom. The number of benzene rings is 1. The summed E-state index contributed by atoms with van der Waals surface area (Å²) >= 11 is 0. The molecule has 1 saturated carbocycles. The molecule has 140 valence electrons. The summed E-state index contributed by atoms with van der Waals surface area (Å²) in [5, 5.41) is 0. The standard InChI is InChI=1S/C20H25FN2O3/c21-16-5-7-17(8-6-16)23-14-20(26-13-18(23)24)9-11-22(12-10-20)19(25)15-3-1-2-4-15/h5-8,15H,1-4,9-14H2. The van der Waals surface area contributed by atoms with E-state index in [1.54, 1.807) is 17.0 Å². The first-order valence-corrected chi connectivity index (χ1v) is 9.55. The Balaban J connectivity index is 1.42. The number of anilines is 1. The van der Waals surface area contributed by atoms with E-state index in [2.05, 4.69) is 0 Å². The van der Waals surface area contributed by atoms with Crippen LogP contribution in [0.25, 0.3) is 0 Å². The molecule has 1 aromatic rings. The number of hydrogen-bond donors (Lipinski definition) is 0. The number of piperidine rings is 1. The second-order valence-electron chi connectivity index (χ2n) is 7.73. The first kappa shape index (κ1) is 17.5. The van der Waals surface area contributed by atoms with Gasteiger partial charge in [-0.3, -0.25) is 9.59 Å². The molecule has 0 atom stereocenters. The third kappa shape index (κ3) is 3.34. The van der Waals surface area contributed by atoms with Crippen LogP contribution in [-0.4, -0.2) is 48.6 Å². The van der Waals surface area contributed by atoms with E-state index < -0.39 is 5.60 Å². The summed E-state index contributed by atoms with van der Waals surface area (Å²) in [4.78, 5) is 28.6. The number of ether oxygens (including phenoxy) is 1. The van der Waals surface area contributed by atoms with E-state index in [0.717, 1.165) is 38.5 Å². The number of nitrogens with zero attached hydrogens (tertiary/aromatic N) is 2. The molecular formula is C20H25FN2O3. The van der Waals surface area contributed by atoms with Crippen LogP contribution in [0.4, 0.5) is 10.1 Å². The zero-order chi connectivity index (χ0) is 18.1. The number of morpholine rings is 1. The van der Waals surface area contributed by atoms with Gasteiger partial charge in [-0.2, -0.15) is 0 Å². The first-order chi connectivity index (χ1) is 12.6. The maximum atomic E-state index is 13.2. The fraction of sp³-hybridized carbons (Fsp3) is 0.600. The molecule has 0 bridgehead atoms. The van der Waals surface area contributed by atoms with E-state index in [4.69, 9.17) is 4.74 Å². The molecule has 2 saturated heterocycles. The lowest BCUT2D eigenvalue weighted by atomic mass is 9.88. The van der Waals surface area contributed by atoms with Crippen LogP contribution in [0.15, 0.2) is 24.3 Å². The molecule has 2 aliphatic heterocycles. The van der Waals surface area contributed by atoms with Gasteiger partial charge in [0.25, 0.3) is 5.91 Å². The summed E-state index contributed by atoms with van der Waals surface area (Å²) in [6, 6.07) is 6.00. The average molecular weight is 360 g/mol. The molecule has 1 aromatic carbocycles. The number of likely N-dealkylation sites (tertiary alicyclic amines) is 1. The normalized spacial score (nSPS) is 23.7. The van der Waals surface area contributed by atoms with Gasteiger partial charge in [-0.15, -0.1) is 0 Å². The smallest absolute Gasteiger partial charge is 0.253 e. The predicted octanol–water partition coefficient (Wildman–Crippen LogP) is 2.74. The van der Waals surface area contributed by atoms with Crippen molar-refractivity contribution >= 4 is 17.5 Å². The van der Waals surface area contributed by atoms with Gasteiger partial charge in [-0.1, -0.05) is 12.8 Å². The van der Waals surface area contributed by atoms with Crippen LogP contribution in [-0.2, 0) is 14.3 Å². The van der Waals surface area contributed by atoms with E-state index in [1.807, 2.05) is 4.90 Å². The van der Waals surface area contributed by atoms with Gasteiger partial charge in [0, 0.05) is 24.7 Å². The van der Waals surface area contributed by atoms with E-state index in [9.17, 15) is 14.0 Å². The number of carbonyl (C=O) groups is 2. The number of amides is 2. The second kappa shape index (κ2) is 6.99. The molecule has 0 unspecified atom stereocenters. The molecule has 6 heteroatoms. The quantitative estimate of drug-likeness (QED) is 0.815. The SMILES string of the molecule is O=C(C1CCCC1)N1CCC2(CC1)CN(c1ccc(F)cc1)C(=O)CO2. The maximum absolute atomic E-state index is 13.2. The minimum Gasteiger partial charge on any atom is -0.363 e. The summed E-state index contributed by atoms with van der Waals surface area (Å²) < 4.78 is 19.1. The highest BCUT2D eigenvalue weighted by Gasteiger charge is 2.44. The van der Waals surface area contributed by atoms with Crippen LogP contribution in [0.5, 0.6) is 0 Å². The van der Waals surface area contributed by atoms with Gasteiger partial charge in [0.05, 0.1) is 12.1 Å². The van der Waals surface area contributed by atoms with Crippen LogP contribution >= 0.6 is 0 Å². The Morgan fingerprint density at radius 3 is 2.42 bits per heavy atom. The molecule has 3 fully saturated rings. The van der Waals surface area contributed by atoms with Crippen LogP contribution in [0.1, 0.15) is 38.5 Å². The first-order valence-electron chi connectivity index (χ1n) is 9.55. The van der Waals surface area contributed by atoms with Crippen LogP contribution in [0.3, 0.4) is 0 Å². The van der Waals surface area contributed by atoms with Gasteiger partial charge in [0.15, 0.2) is 0 Å². The van der Waals surface area contributed by atoms with Crippen LogP contribution in [0.2, 0.25) is 0 Å². The molecule has 26 heavy (non-hydrogen) atoms. The lowest BCUT2D eigenvalue weighted by molar-refractivity contribution is -0.152. The van der Waals surface area contributed by atoms with E-state index >= 15 is 0 Å². The summed E-state index contributed by atoms with van der Waals surface area (Å²) in [5.41, 5.74) is 0.290. The zero-order valence-electron chi connectivity index (χ0n) is 15.0. The van der Waals surface area contributed by atoms with Crippen molar-refractivity contribution in [2.75, 3.05) is 31.1 Å². The highest BCUT2D eigenvalue weighted by Crippen LogP contribution is 2.34. The number of hydrogen-bond acceptors (Lipinski definition) is 3. The maximum Gasteiger partial charge on any atom is 0.253 e. The monoisotopic (exact) mass is 360 g/mol. The van der Waals surface area contributed by atoms with Gasteiger partial charge in [-0.05, 0) is 49.9 Å². The summed E-state index contributed by atoms with van der Waals surface area (Å²) in [6.45, 7) is 1.86. The Bertz CT molecular complexity index is 677. The lowest BCUT2D eigenvalue weighted by Crippen LogP contribution is -2.59. The van der Waals surface area contributed by atoms with Crippen molar-refractivity contribution in [3.05, 3.63) is 30.1 Å². The Labute approximate surface area is 153 Å². The molecule has 0 N–H and O–H groups in total. The minimum atomic E-state index is -0.408. The third-order valence-electron chi connectivity index (χ3n) is 6.08. The van der Waals surface area contributed by atoms with Crippen molar-refractivity contribution in [3.63, 3.8) is 0 Å². The number of halogens is 1. The van der Waals surface area contributed by atoms with Crippen molar-refractivity contribution in [3.8, 4) is 0 Å². The summed E-state index contributed by atoms with van der Waals surface area (Å²) in [7, 11) is 0. The Kier molecular flexibility index (Phi) is 4.69. The van der Waals surface area contributed by atoms with Crippen molar-refractivity contribution in [1.29, 1.82) is 0 Å². The van der Waals surface area contributed by atoms with Crippen LogP contribution < -0.4 is 4.90 Å². The van der Waals surface area contributed by atoms with Gasteiger partial charge < -0.3 is 14.5 Å². The second-order valence-corrected chi connectivity index (χ2v) is 7.73. The summed E-state index contributed by atoms with van der Waals surface area (Å²) in [6.07, 6.45) is 5.82. The Hall–Kier alpha value is -1.95. The van der Waals surface area contributed by atoms with Crippen molar-refractivity contribution in [1.82, 2.24) is 4.90 Å². The van der Waals surface area contributed by atoms with E-state index in [0.29, 0.717) is 31.2 Å². The van der Waals surface area contributed by atoms with Gasteiger partial charge >= 0.3 is 0 Å². The highest BCUT2D eigenvalue weighted by molar-refractivity contribution is 5.95. The predicted molar refractivity (Wildman–Crippen MR) is 95.2 cm³/mol. The van der Waals surface area contributed by atoms with Crippen molar-refractivity contribution in [2.24, 2.45) is 5.92 Å². The molecule has 2 amide bonds. The zero-order valence-corrected chi connectivity index (χ0v) is 15.0. The molecule has 1 spiro atoms. The minimum absolute atomic E-state index is 0.0357. The van der Waals surface area contributed by atoms with Gasteiger partial charge in [0.1, 0.15) is 12.4 Å². The molecule has 4 rings (SSSR count). The Morgan fingerprint density at radius 2 is 1.77 bits per heavy atom. The number of carbonyl (C=O) groups excluding carboxylic acids is 2. The molecule has 3 aliphatic rings. The fourth-order valence-electron chi connectivity index (χ4n) is 4.44. The third-order valence-corrected chi connectivity index (χ3v) is 6.08. The topological polar surface area (TPSA) is 49.9 Å². The highest BCUT2D eigenvalue weighted by atomic mass is 19.1. The lowest BCUT2D eigenvalue weighted by Gasteiger charge is -2.47. The van der Waals surface area contributed by atoms with Crippen molar-refractivity contribution in [2.45, 2.75) is 44.1 Å². The van der Waals surface area contributed by atoms with Gasteiger partial charge in [0.2, 0.25) is 5.91 Å².